The van der Waals surface area contributed by atoms with Gasteiger partial charge in [0.1, 0.15) is 12.2 Å². The van der Waals surface area contributed by atoms with Gasteiger partial charge in [-0.25, -0.2) is 0 Å². The number of hydrogen-bond donors (Lipinski definition) is 1. The van der Waals surface area contributed by atoms with Gasteiger partial charge in [-0.1, -0.05) is 42.3 Å². The van der Waals surface area contributed by atoms with Gasteiger partial charge in [0.15, 0.2) is 0 Å². The second kappa shape index (κ2) is 6.22. The topological polar surface area (TPSA) is 32.7 Å². The van der Waals surface area contributed by atoms with E-state index in [4.69, 9.17) is 27.9 Å². The highest BCUT2D eigenvalue weighted by Crippen LogP contribution is 2.32. The molecule has 0 saturated carbocycles. The van der Waals surface area contributed by atoms with Crippen molar-refractivity contribution in [1.82, 2.24) is 4.90 Å². The van der Waals surface area contributed by atoms with Gasteiger partial charge >= 0.3 is 0 Å². The van der Waals surface area contributed by atoms with E-state index in [0.717, 1.165) is 13.1 Å². The molecule has 1 heterocycles. The Morgan fingerprint density at radius 1 is 1.50 bits per heavy atom. The van der Waals surface area contributed by atoms with Crippen molar-refractivity contribution in [2.75, 3.05) is 26.2 Å². The monoisotopic (exact) mass is 289 g/mol. The minimum Gasteiger partial charge on any atom is -0.386 e. The number of ether oxygens (including phenoxy) is 1. The molecule has 1 aromatic carbocycles. The van der Waals surface area contributed by atoms with E-state index in [2.05, 4.69) is 11.8 Å². The maximum atomic E-state index is 10.4. The minimum atomic E-state index is -0.745. The van der Waals surface area contributed by atoms with Crippen LogP contribution in [0.15, 0.2) is 18.2 Å². The highest BCUT2D eigenvalue weighted by molar-refractivity contribution is 6.42. The Balaban J connectivity index is 2.15. The van der Waals surface area contributed by atoms with E-state index in [0.29, 0.717) is 28.8 Å². The Morgan fingerprint density at radius 2 is 2.28 bits per heavy atom. The molecular weight excluding hydrogens is 273 g/mol. The maximum absolute atomic E-state index is 10.4. The van der Waals surface area contributed by atoms with E-state index < -0.39 is 6.10 Å². The summed E-state index contributed by atoms with van der Waals surface area (Å²) in [6, 6.07) is 5.28. The number of morpholine rings is 1. The highest BCUT2D eigenvalue weighted by Gasteiger charge is 2.28. The Kier molecular flexibility index (Phi) is 4.87. The van der Waals surface area contributed by atoms with E-state index in [1.807, 2.05) is 0 Å². The van der Waals surface area contributed by atoms with E-state index in [1.165, 1.54) is 0 Å². The van der Waals surface area contributed by atoms with Gasteiger partial charge in [0.05, 0.1) is 16.7 Å². The lowest BCUT2D eigenvalue weighted by Crippen LogP contribution is -2.44. The third-order valence-corrected chi connectivity index (χ3v) is 4.11. The lowest BCUT2D eigenvalue weighted by atomic mass is 10.0. The molecule has 2 unspecified atom stereocenters. The van der Waals surface area contributed by atoms with Crippen LogP contribution in [0.5, 0.6) is 0 Å². The molecule has 1 aromatic rings. The smallest absolute Gasteiger partial charge is 0.108 e. The first kappa shape index (κ1) is 14.1. The minimum absolute atomic E-state index is 0.255. The summed E-state index contributed by atoms with van der Waals surface area (Å²) in [4.78, 5) is 2.25. The molecule has 0 aromatic heterocycles. The van der Waals surface area contributed by atoms with Gasteiger partial charge in [-0.3, -0.25) is 4.90 Å². The van der Waals surface area contributed by atoms with Crippen LogP contribution in [0, 0.1) is 0 Å². The number of rotatable bonds is 3. The predicted molar refractivity (Wildman–Crippen MR) is 73.3 cm³/mol. The van der Waals surface area contributed by atoms with Crippen LogP contribution >= 0.6 is 23.2 Å². The average Bonchev–Trinajstić information content (AvgIpc) is 2.41. The third kappa shape index (κ3) is 2.98. The molecule has 0 radical (unpaired) electrons. The second-order valence-corrected chi connectivity index (χ2v) is 5.18. The molecule has 1 N–H and O–H groups in total. The van der Waals surface area contributed by atoms with Crippen LogP contribution in [0.25, 0.3) is 0 Å². The molecule has 0 aliphatic carbocycles. The number of hydrogen-bond acceptors (Lipinski definition) is 3. The van der Waals surface area contributed by atoms with Crippen LogP contribution in [0.1, 0.15) is 18.6 Å². The van der Waals surface area contributed by atoms with Crippen molar-refractivity contribution in [2.45, 2.75) is 19.1 Å². The van der Waals surface area contributed by atoms with Crippen molar-refractivity contribution in [2.24, 2.45) is 0 Å². The van der Waals surface area contributed by atoms with Crippen LogP contribution in [-0.2, 0) is 4.74 Å². The molecule has 0 spiro atoms. The fourth-order valence-corrected chi connectivity index (χ4v) is 2.58. The number of benzene rings is 1. The van der Waals surface area contributed by atoms with Crippen molar-refractivity contribution in [3.63, 3.8) is 0 Å². The van der Waals surface area contributed by atoms with Gasteiger partial charge < -0.3 is 9.84 Å². The molecule has 3 nitrogen and oxygen atoms in total. The van der Waals surface area contributed by atoms with Gasteiger partial charge in [-0.15, -0.1) is 0 Å². The number of nitrogens with zero attached hydrogens (tertiary/aromatic N) is 1. The van der Waals surface area contributed by atoms with Crippen molar-refractivity contribution < 1.29 is 9.84 Å². The second-order valence-electron chi connectivity index (χ2n) is 4.39. The zero-order chi connectivity index (χ0) is 13.1. The summed E-state index contributed by atoms with van der Waals surface area (Å²) in [5.41, 5.74) is 0.632. The van der Waals surface area contributed by atoms with Crippen LogP contribution < -0.4 is 0 Å². The fourth-order valence-electron chi connectivity index (χ4n) is 2.16. The first-order chi connectivity index (χ1) is 8.63. The summed E-state index contributed by atoms with van der Waals surface area (Å²) in [7, 11) is 0. The number of halogens is 2. The van der Waals surface area contributed by atoms with Gasteiger partial charge in [-0.05, 0) is 12.6 Å². The molecule has 1 aliphatic heterocycles. The van der Waals surface area contributed by atoms with E-state index in [-0.39, 0.29) is 6.10 Å². The van der Waals surface area contributed by atoms with Gasteiger partial charge in [0.2, 0.25) is 0 Å². The summed E-state index contributed by atoms with van der Waals surface area (Å²) in [5, 5.41) is 11.2. The SMILES string of the molecule is CCN1CCOC(C(O)c2cccc(Cl)c2Cl)C1. The van der Waals surface area contributed by atoms with Crippen LogP contribution in [0.2, 0.25) is 10.0 Å². The molecule has 18 heavy (non-hydrogen) atoms. The lowest BCUT2D eigenvalue weighted by molar-refractivity contribution is -0.0888. The molecule has 5 heteroatoms. The summed E-state index contributed by atoms with van der Waals surface area (Å²) >= 11 is 12.1. The predicted octanol–water partition coefficient (Wildman–Crippen LogP) is 2.75. The molecule has 1 fully saturated rings. The highest BCUT2D eigenvalue weighted by atomic mass is 35.5. The lowest BCUT2D eigenvalue weighted by Gasteiger charge is -2.34. The van der Waals surface area contributed by atoms with E-state index in [9.17, 15) is 5.11 Å². The van der Waals surface area contributed by atoms with Crippen molar-refractivity contribution >= 4 is 23.2 Å². The van der Waals surface area contributed by atoms with Crippen molar-refractivity contribution in [1.29, 1.82) is 0 Å². The summed E-state index contributed by atoms with van der Waals surface area (Å²) in [6.45, 7) is 5.30. The number of aliphatic hydroxyl groups excluding tert-OH is 1. The largest absolute Gasteiger partial charge is 0.386 e. The fraction of sp³-hybridized carbons (Fsp3) is 0.538. The Labute approximate surface area is 117 Å². The Morgan fingerprint density at radius 3 is 3.00 bits per heavy atom. The standard InChI is InChI=1S/C13H17Cl2NO2/c1-2-16-6-7-18-11(8-16)13(17)9-4-3-5-10(14)12(9)15/h3-5,11,13,17H,2,6-8H2,1H3. The van der Waals surface area contributed by atoms with E-state index >= 15 is 0 Å². The number of aliphatic hydroxyl groups is 1. The molecule has 2 atom stereocenters. The van der Waals surface area contributed by atoms with E-state index in [1.54, 1.807) is 18.2 Å². The summed E-state index contributed by atoms with van der Waals surface area (Å²) < 4.78 is 5.63. The Hall–Kier alpha value is -0.320. The van der Waals surface area contributed by atoms with Crippen molar-refractivity contribution in [3.8, 4) is 0 Å². The summed E-state index contributed by atoms with van der Waals surface area (Å²) in [6.07, 6.45) is -1.000. The Bertz CT molecular complexity index is 414. The molecule has 0 bridgehead atoms. The molecular formula is C13H17Cl2NO2. The van der Waals surface area contributed by atoms with Gasteiger partial charge in [-0.2, -0.15) is 0 Å². The zero-order valence-corrected chi connectivity index (χ0v) is 11.8. The molecule has 0 amide bonds. The van der Waals surface area contributed by atoms with Crippen LogP contribution in [-0.4, -0.2) is 42.4 Å². The molecule has 100 valence electrons. The number of likely N-dealkylation sites (N-methyl/N-ethyl adjacent to an activating group) is 1. The van der Waals surface area contributed by atoms with Crippen LogP contribution in [0.4, 0.5) is 0 Å². The van der Waals surface area contributed by atoms with Crippen molar-refractivity contribution in [3.05, 3.63) is 33.8 Å². The average molecular weight is 290 g/mol. The first-order valence-corrected chi connectivity index (χ1v) is 6.85. The van der Waals surface area contributed by atoms with Gasteiger partial charge in [0.25, 0.3) is 0 Å². The van der Waals surface area contributed by atoms with Crippen LogP contribution in [0.3, 0.4) is 0 Å². The van der Waals surface area contributed by atoms with Gasteiger partial charge in [0, 0.05) is 18.7 Å². The normalized spacial score (nSPS) is 23.0. The summed E-state index contributed by atoms with van der Waals surface area (Å²) in [5.74, 6) is 0. The molecule has 2 rings (SSSR count). The molecule has 1 aliphatic rings. The zero-order valence-electron chi connectivity index (χ0n) is 10.3. The molecule has 1 saturated heterocycles. The third-order valence-electron chi connectivity index (χ3n) is 3.28. The quantitative estimate of drug-likeness (QED) is 0.929. The maximum Gasteiger partial charge on any atom is 0.108 e. The first-order valence-electron chi connectivity index (χ1n) is 6.09.